The second-order valence-electron chi connectivity index (χ2n) is 5.46. The van der Waals surface area contributed by atoms with Crippen LogP contribution in [0.4, 0.5) is 5.69 Å². The van der Waals surface area contributed by atoms with E-state index >= 15 is 0 Å². The number of carbonyl (C=O) groups is 1. The van der Waals surface area contributed by atoms with Crippen molar-refractivity contribution < 1.29 is 4.79 Å². The number of amides is 1. The van der Waals surface area contributed by atoms with Crippen molar-refractivity contribution in [2.45, 2.75) is 32.7 Å². The topological polar surface area (TPSA) is 44.4 Å². The molecule has 0 aliphatic carbocycles. The summed E-state index contributed by atoms with van der Waals surface area (Å²) in [7, 11) is 0. The molecule has 110 valence electrons. The molecule has 1 saturated heterocycles. The molecule has 2 rings (SSSR count). The maximum Gasteiger partial charge on any atom is 0.221 e. The van der Waals surface area contributed by atoms with Crippen LogP contribution in [0.2, 0.25) is 0 Å². The van der Waals surface area contributed by atoms with Crippen LogP contribution >= 0.6 is 0 Å². The monoisotopic (exact) mass is 275 g/mol. The highest BCUT2D eigenvalue weighted by molar-refractivity contribution is 5.88. The summed E-state index contributed by atoms with van der Waals surface area (Å²) in [5.74, 6) is -0.0298. The lowest BCUT2D eigenvalue weighted by Crippen LogP contribution is -2.24. The minimum atomic E-state index is -0.0298. The Morgan fingerprint density at radius 3 is 2.55 bits per heavy atom. The number of nitrogens with one attached hydrogen (secondary N) is 2. The molecule has 2 N–H and O–H groups in total. The molecule has 1 aromatic carbocycles. The van der Waals surface area contributed by atoms with Crippen molar-refractivity contribution >= 4 is 11.6 Å². The number of likely N-dealkylation sites (tertiary alicyclic amines) is 1. The van der Waals surface area contributed by atoms with Crippen LogP contribution in [-0.4, -0.2) is 37.0 Å². The van der Waals surface area contributed by atoms with Crippen molar-refractivity contribution in [2.24, 2.45) is 0 Å². The third-order valence-corrected chi connectivity index (χ3v) is 3.63. The van der Waals surface area contributed by atoms with Gasteiger partial charge in [0.1, 0.15) is 0 Å². The number of nitrogens with zero attached hydrogens (tertiary/aromatic N) is 1. The Kier molecular flexibility index (Phi) is 6.02. The number of anilines is 1. The summed E-state index contributed by atoms with van der Waals surface area (Å²) in [6.45, 7) is 7.25. The first kappa shape index (κ1) is 15.0. The van der Waals surface area contributed by atoms with E-state index in [2.05, 4.69) is 27.7 Å². The third kappa shape index (κ3) is 5.31. The highest BCUT2D eigenvalue weighted by Gasteiger charge is 2.09. The first-order valence-electron chi connectivity index (χ1n) is 7.53. The van der Waals surface area contributed by atoms with Gasteiger partial charge in [0, 0.05) is 19.2 Å². The smallest absolute Gasteiger partial charge is 0.221 e. The average Bonchev–Trinajstić information content (AvgIpc) is 2.93. The molecule has 0 spiro atoms. The Balaban J connectivity index is 1.60. The van der Waals surface area contributed by atoms with Gasteiger partial charge >= 0.3 is 0 Å². The lowest BCUT2D eigenvalue weighted by atomic mass is 10.2. The molecule has 1 aromatic rings. The molecule has 1 amide bonds. The van der Waals surface area contributed by atoms with E-state index in [1.54, 1.807) is 0 Å². The highest BCUT2D eigenvalue weighted by Crippen LogP contribution is 2.09. The van der Waals surface area contributed by atoms with Crippen LogP contribution in [0.25, 0.3) is 0 Å². The number of hydrogen-bond acceptors (Lipinski definition) is 3. The first-order valence-corrected chi connectivity index (χ1v) is 7.53. The molecule has 0 saturated carbocycles. The van der Waals surface area contributed by atoms with Crippen LogP contribution in [0.3, 0.4) is 0 Å². The van der Waals surface area contributed by atoms with E-state index in [-0.39, 0.29) is 5.91 Å². The Morgan fingerprint density at radius 1 is 1.20 bits per heavy atom. The van der Waals surface area contributed by atoms with E-state index in [1.165, 1.54) is 51.4 Å². The van der Waals surface area contributed by atoms with Gasteiger partial charge in [-0.25, -0.2) is 0 Å². The molecule has 0 atom stereocenters. The summed E-state index contributed by atoms with van der Waals surface area (Å²) in [5, 5.41) is 6.25. The second-order valence-corrected chi connectivity index (χ2v) is 5.46. The van der Waals surface area contributed by atoms with Crippen molar-refractivity contribution in [3.8, 4) is 0 Å². The van der Waals surface area contributed by atoms with E-state index in [0.29, 0.717) is 0 Å². The Hall–Kier alpha value is -1.39. The molecular formula is C16H25N3O. The maximum absolute atomic E-state index is 10.9. The van der Waals surface area contributed by atoms with Gasteiger partial charge in [0.05, 0.1) is 0 Å². The van der Waals surface area contributed by atoms with E-state index in [0.717, 1.165) is 18.8 Å². The van der Waals surface area contributed by atoms with Crippen LogP contribution < -0.4 is 10.6 Å². The molecule has 1 aliphatic heterocycles. The number of hydrogen-bond donors (Lipinski definition) is 2. The van der Waals surface area contributed by atoms with E-state index in [1.807, 2.05) is 12.1 Å². The number of rotatable bonds is 7. The van der Waals surface area contributed by atoms with Gasteiger partial charge in [-0.15, -0.1) is 0 Å². The van der Waals surface area contributed by atoms with Crippen LogP contribution in [0.15, 0.2) is 24.3 Å². The molecule has 1 heterocycles. The van der Waals surface area contributed by atoms with Crippen molar-refractivity contribution in [2.75, 3.05) is 31.5 Å². The Labute approximate surface area is 121 Å². The molecule has 1 aliphatic rings. The predicted octanol–water partition coefficient (Wildman–Crippen LogP) is 2.22. The van der Waals surface area contributed by atoms with Crippen molar-refractivity contribution in [3.63, 3.8) is 0 Å². The van der Waals surface area contributed by atoms with Gasteiger partial charge in [0.15, 0.2) is 0 Å². The fourth-order valence-electron chi connectivity index (χ4n) is 2.58. The molecular weight excluding hydrogens is 250 g/mol. The fourth-order valence-corrected chi connectivity index (χ4v) is 2.58. The number of carbonyl (C=O) groups excluding carboxylic acids is 1. The molecule has 0 aromatic heterocycles. The van der Waals surface area contributed by atoms with E-state index < -0.39 is 0 Å². The molecule has 4 heteroatoms. The summed E-state index contributed by atoms with van der Waals surface area (Å²) >= 11 is 0. The van der Waals surface area contributed by atoms with Gasteiger partial charge in [-0.2, -0.15) is 0 Å². The number of benzene rings is 1. The van der Waals surface area contributed by atoms with Gasteiger partial charge < -0.3 is 15.5 Å². The van der Waals surface area contributed by atoms with Crippen molar-refractivity contribution in [1.29, 1.82) is 0 Å². The van der Waals surface area contributed by atoms with Crippen LogP contribution in [0.5, 0.6) is 0 Å². The predicted molar refractivity (Wildman–Crippen MR) is 82.7 cm³/mol. The zero-order valence-corrected chi connectivity index (χ0v) is 12.3. The summed E-state index contributed by atoms with van der Waals surface area (Å²) in [5.41, 5.74) is 2.11. The fraction of sp³-hybridized carbons (Fsp3) is 0.562. The lowest BCUT2D eigenvalue weighted by Gasteiger charge is -2.14. The van der Waals surface area contributed by atoms with Crippen molar-refractivity contribution in [1.82, 2.24) is 10.2 Å². The minimum Gasteiger partial charge on any atom is -0.326 e. The average molecular weight is 275 g/mol. The normalized spacial score (nSPS) is 15.4. The zero-order chi connectivity index (χ0) is 14.2. The molecule has 1 fully saturated rings. The van der Waals surface area contributed by atoms with E-state index in [4.69, 9.17) is 0 Å². The molecule has 0 radical (unpaired) electrons. The summed E-state index contributed by atoms with van der Waals surface area (Å²) in [6, 6.07) is 8.00. The molecule has 20 heavy (non-hydrogen) atoms. The van der Waals surface area contributed by atoms with Gasteiger partial charge in [-0.1, -0.05) is 12.1 Å². The Bertz CT molecular complexity index is 410. The Morgan fingerprint density at radius 2 is 1.90 bits per heavy atom. The van der Waals surface area contributed by atoms with Gasteiger partial charge in [-0.05, 0) is 63.1 Å². The molecule has 0 bridgehead atoms. The SMILES string of the molecule is CC(=O)Nc1ccc(CNCCCN2CCCC2)cc1. The first-order chi connectivity index (χ1) is 9.74. The molecule has 0 unspecified atom stereocenters. The zero-order valence-electron chi connectivity index (χ0n) is 12.3. The lowest BCUT2D eigenvalue weighted by molar-refractivity contribution is -0.114. The largest absolute Gasteiger partial charge is 0.326 e. The molecule has 4 nitrogen and oxygen atoms in total. The van der Waals surface area contributed by atoms with E-state index in [9.17, 15) is 4.79 Å². The standard InChI is InChI=1S/C16H25N3O/c1-14(20)18-16-7-5-15(6-8-16)13-17-9-4-12-19-10-2-3-11-19/h5-8,17H,2-4,9-13H2,1H3,(H,18,20). The highest BCUT2D eigenvalue weighted by atomic mass is 16.1. The summed E-state index contributed by atoms with van der Waals surface area (Å²) < 4.78 is 0. The van der Waals surface area contributed by atoms with Crippen LogP contribution in [0.1, 0.15) is 31.7 Å². The van der Waals surface area contributed by atoms with Gasteiger partial charge in [0.2, 0.25) is 5.91 Å². The van der Waals surface area contributed by atoms with Crippen LogP contribution in [0, 0.1) is 0 Å². The summed E-state index contributed by atoms with van der Waals surface area (Å²) in [6.07, 6.45) is 3.95. The third-order valence-electron chi connectivity index (χ3n) is 3.63. The maximum atomic E-state index is 10.9. The minimum absolute atomic E-state index is 0.0298. The quantitative estimate of drug-likeness (QED) is 0.750. The van der Waals surface area contributed by atoms with Gasteiger partial charge in [0.25, 0.3) is 0 Å². The van der Waals surface area contributed by atoms with Crippen LogP contribution in [-0.2, 0) is 11.3 Å². The second kappa shape index (κ2) is 8.02. The summed E-state index contributed by atoms with van der Waals surface area (Å²) in [4.78, 5) is 13.5. The van der Waals surface area contributed by atoms with Gasteiger partial charge in [-0.3, -0.25) is 4.79 Å². The van der Waals surface area contributed by atoms with Crippen molar-refractivity contribution in [3.05, 3.63) is 29.8 Å².